The zero-order chi connectivity index (χ0) is 11.3. The van der Waals surface area contributed by atoms with Crippen LogP contribution in [-0.4, -0.2) is 11.1 Å². The number of halogens is 1. The van der Waals surface area contributed by atoms with Gasteiger partial charge in [0.2, 0.25) is 0 Å². The van der Waals surface area contributed by atoms with Crippen molar-refractivity contribution in [3.63, 3.8) is 0 Å². The third-order valence-corrected chi connectivity index (χ3v) is 2.38. The predicted octanol–water partition coefficient (Wildman–Crippen LogP) is 3.18. The van der Waals surface area contributed by atoms with Crippen LogP contribution in [0.2, 0.25) is 0 Å². The van der Waals surface area contributed by atoms with Gasteiger partial charge < -0.3 is 5.11 Å². The first-order valence-corrected chi connectivity index (χ1v) is 5.10. The van der Waals surface area contributed by atoms with Gasteiger partial charge in [-0.05, 0) is 30.0 Å². The Morgan fingerprint density at radius 3 is 2.80 bits per heavy atom. The molecule has 0 radical (unpaired) electrons. The molecule has 0 heterocycles. The Morgan fingerprint density at radius 1 is 1.53 bits per heavy atom. The highest BCUT2D eigenvalue weighted by Crippen LogP contribution is 2.25. The molecule has 15 heavy (non-hydrogen) atoms. The molecule has 0 aliphatic carbocycles. The van der Waals surface area contributed by atoms with Crippen molar-refractivity contribution in [2.75, 3.05) is 0 Å². The number of hydrogen-bond donors (Lipinski definition) is 1. The van der Waals surface area contributed by atoms with Crippen LogP contribution >= 0.6 is 0 Å². The van der Waals surface area contributed by atoms with Crippen molar-refractivity contribution >= 4 is 5.97 Å². The Bertz CT molecular complexity index is 336. The summed E-state index contributed by atoms with van der Waals surface area (Å²) in [6.45, 7) is 1.99. The summed E-state index contributed by atoms with van der Waals surface area (Å²) >= 11 is 0. The summed E-state index contributed by atoms with van der Waals surface area (Å²) in [5.74, 6) is -1.22. The molecule has 0 fully saturated rings. The number of benzene rings is 1. The molecule has 1 atom stereocenters. The Balaban J connectivity index is 2.83. The number of rotatable bonds is 5. The molecule has 0 amide bonds. The largest absolute Gasteiger partial charge is 0.481 e. The van der Waals surface area contributed by atoms with Crippen molar-refractivity contribution in [1.82, 2.24) is 0 Å². The molecule has 1 aromatic rings. The van der Waals surface area contributed by atoms with Gasteiger partial charge in [-0.1, -0.05) is 25.5 Å². The summed E-state index contributed by atoms with van der Waals surface area (Å²) < 4.78 is 13.0. The van der Waals surface area contributed by atoms with Gasteiger partial charge in [0.05, 0.1) is 6.42 Å². The topological polar surface area (TPSA) is 37.3 Å². The molecule has 0 saturated heterocycles. The van der Waals surface area contributed by atoms with Gasteiger partial charge in [-0.25, -0.2) is 4.39 Å². The number of aliphatic carboxylic acids is 1. The Kier molecular flexibility index (Phi) is 4.28. The van der Waals surface area contributed by atoms with Gasteiger partial charge in [-0.3, -0.25) is 4.79 Å². The van der Waals surface area contributed by atoms with Gasteiger partial charge in [-0.15, -0.1) is 0 Å². The first-order chi connectivity index (χ1) is 7.13. The summed E-state index contributed by atoms with van der Waals surface area (Å²) in [6.07, 6.45) is 1.74. The quantitative estimate of drug-likeness (QED) is 0.810. The third kappa shape index (κ3) is 3.70. The molecule has 0 spiro atoms. The summed E-state index contributed by atoms with van der Waals surface area (Å²) in [5, 5.41) is 8.75. The van der Waals surface area contributed by atoms with Crippen LogP contribution in [0.5, 0.6) is 0 Å². The van der Waals surface area contributed by atoms with E-state index in [0.717, 1.165) is 18.4 Å². The molecular weight excluding hydrogens is 195 g/mol. The van der Waals surface area contributed by atoms with E-state index in [1.165, 1.54) is 12.1 Å². The Morgan fingerprint density at radius 2 is 2.27 bits per heavy atom. The van der Waals surface area contributed by atoms with E-state index in [0.29, 0.717) is 0 Å². The SMILES string of the molecule is CCCC(CC(=O)O)c1cccc(F)c1. The molecule has 1 N–H and O–H groups in total. The van der Waals surface area contributed by atoms with Crippen LogP contribution in [0.15, 0.2) is 24.3 Å². The smallest absolute Gasteiger partial charge is 0.303 e. The highest BCUT2D eigenvalue weighted by molar-refractivity contribution is 5.68. The molecule has 0 aromatic heterocycles. The van der Waals surface area contributed by atoms with Crippen LogP contribution < -0.4 is 0 Å². The third-order valence-electron chi connectivity index (χ3n) is 2.38. The minimum Gasteiger partial charge on any atom is -0.481 e. The van der Waals surface area contributed by atoms with Crippen LogP contribution in [0.3, 0.4) is 0 Å². The maximum Gasteiger partial charge on any atom is 0.303 e. The molecule has 0 aliphatic rings. The van der Waals surface area contributed by atoms with Gasteiger partial charge in [0.25, 0.3) is 0 Å². The maximum absolute atomic E-state index is 13.0. The molecule has 2 nitrogen and oxygen atoms in total. The summed E-state index contributed by atoms with van der Waals surface area (Å²) in [5.41, 5.74) is 0.777. The van der Waals surface area contributed by atoms with Crippen molar-refractivity contribution in [3.8, 4) is 0 Å². The van der Waals surface area contributed by atoms with Crippen molar-refractivity contribution in [2.45, 2.75) is 32.1 Å². The van der Waals surface area contributed by atoms with Crippen molar-refractivity contribution in [2.24, 2.45) is 0 Å². The maximum atomic E-state index is 13.0. The molecule has 1 unspecified atom stereocenters. The van der Waals surface area contributed by atoms with Gasteiger partial charge >= 0.3 is 5.97 Å². The Labute approximate surface area is 88.7 Å². The molecule has 3 heteroatoms. The normalized spacial score (nSPS) is 12.4. The predicted molar refractivity (Wildman–Crippen MR) is 56.3 cm³/mol. The van der Waals surface area contributed by atoms with E-state index in [2.05, 4.69) is 0 Å². The lowest BCUT2D eigenvalue weighted by Crippen LogP contribution is -2.06. The second-order valence-electron chi connectivity index (χ2n) is 3.64. The fraction of sp³-hybridized carbons (Fsp3) is 0.417. The van der Waals surface area contributed by atoms with E-state index < -0.39 is 5.97 Å². The molecule has 0 aliphatic heterocycles. The van der Waals surface area contributed by atoms with E-state index in [1.54, 1.807) is 12.1 Å². The average Bonchev–Trinajstić information content (AvgIpc) is 2.16. The van der Waals surface area contributed by atoms with E-state index in [9.17, 15) is 9.18 Å². The zero-order valence-electron chi connectivity index (χ0n) is 8.74. The van der Waals surface area contributed by atoms with Crippen molar-refractivity contribution in [3.05, 3.63) is 35.6 Å². The first kappa shape index (κ1) is 11.7. The summed E-state index contributed by atoms with van der Waals surface area (Å²) in [7, 11) is 0. The molecular formula is C12H15FO2. The minimum atomic E-state index is -0.835. The Hall–Kier alpha value is -1.38. The number of carboxylic acids is 1. The fourth-order valence-corrected chi connectivity index (χ4v) is 1.71. The molecule has 0 saturated carbocycles. The van der Waals surface area contributed by atoms with Gasteiger partial charge in [0, 0.05) is 0 Å². The van der Waals surface area contributed by atoms with Crippen molar-refractivity contribution < 1.29 is 14.3 Å². The van der Waals surface area contributed by atoms with Gasteiger partial charge in [0.1, 0.15) is 5.82 Å². The van der Waals surface area contributed by atoms with E-state index in [4.69, 9.17) is 5.11 Å². The van der Waals surface area contributed by atoms with Crippen LogP contribution in [0.25, 0.3) is 0 Å². The fourth-order valence-electron chi connectivity index (χ4n) is 1.71. The van der Waals surface area contributed by atoms with E-state index in [1.807, 2.05) is 6.92 Å². The van der Waals surface area contributed by atoms with Crippen LogP contribution in [0.1, 0.15) is 37.7 Å². The lowest BCUT2D eigenvalue weighted by molar-refractivity contribution is -0.137. The lowest BCUT2D eigenvalue weighted by Gasteiger charge is -2.14. The van der Waals surface area contributed by atoms with Crippen LogP contribution in [0, 0.1) is 5.82 Å². The minimum absolute atomic E-state index is 0.0668. The number of hydrogen-bond acceptors (Lipinski definition) is 1. The molecule has 1 rings (SSSR count). The van der Waals surface area contributed by atoms with Crippen molar-refractivity contribution in [1.29, 1.82) is 0 Å². The van der Waals surface area contributed by atoms with E-state index in [-0.39, 0.29) is 18.2 Å². The standard InChI is InChI=1S/C12H15FO2/c1-2-4-9(8-12(14)15)10-5-3-6-11(13)7-10/h3,5-7,9H,2,4,8H2,1H3,(H,14,15). The first-order valence-electron chi connectivity index (χ1n) is 5.10. The molecule has 1 aromatic carbocycles. The zero-order valence-corrected chi connectivity index (χ0v) is 8.74. The van der Waals surface area contributed by atoms with Crippen LogP contribution in [0.4, 0.5) is 4.39 Å². The molecule has 82 valence electrons. The average molecular weight is 210 g/mol. The number of carbonyl (C=O) groups is 1. The highest BCUT2D eigenvalue weighted by atomic mass is 19.1. The van der Waals surface area contributed by atoms with Gasteiger partial charge in [-0.2, -0.15) is 0 Å². The second-order valence-corrected chi connectivity index (χ2v) is 3.64. The summed E-state index contributed by atoms with van der Waals surface area (Å²) in [6, 6.07) is 6.19. The highest BCUT2D eigenvalue weighted by Gasteiger charge is 2.14. The monoisotopic (exact) mass is 210 g/mol. The molecule has 0 bridgehead atoms. The lowest BCUT2D eigenvalue weighted by atomic mass is 9.91. The van der Waals surface area contributed by atoms with Gasteiger partial charge in [0.15, 0.2) is 0 Å². The number of carboxylic acid groups (broad SMARTS) is 1. The second kappa shape index (κ2) is 5.49. The van der Waals surface area contributed by atoms with E-state index >= 15 is 0 Å². The summed E-state index contributed by atoms with van der Waals surface area (Å²) in [4.78, 5) is 10.6. The van der Waals surface area contributed by atoms with Crippen LogP contribution in [-0.2, 0) is 4.79 Å².